The largest absolute Gasteiger partial charge is 0.516 e. The van der Waals surface area contributed by atoms with Crippen LogP contribution in [0.5, 0.6) is 0 Å². The van der Waals surface area contributed by atoms with E-state index in [-0.39, 0.29) is 18.0 Å². The highest BCUT2D eigenvalue weighted by molar-refractivity contribution is 6.61. The number of aromatic nitrogens is 2. The van der Waals surface area contributed by atoms with E-state index in [2.05, 4.69) is 4.68 Å². The Morgan fingerprint density at radius 3 is 2.15 bits per heavy atom. The number of fused-ring (bicyclic) bond motifs is 1. The predicted molar refractivity (Wildman–Crippen MR) is 129 cm³/mol. The third kappa shape index (κ3) is 4.71. The maximum atomic E-state index is 12.8. The molecule has 2 amide bonds. The first-order valence-electron chi connectivity index (χ1n) is 12.4. The minimum Gasteiger partial charge on any atom is -0.444 e. The Hall–Kier alpha value is -2.07. The highest BCUT2D eigenvalue weighted by Crippen LogP contribution is 2.37. The van der Waals surface area contributed by atoms with Crippen molar-refractivity contribution in [2.24, 2.45) is 0 Å². The Morgan fingerprint density at radius 2 is 1.62 bits per heavy atom. The Labute approximate surface area is 203 Å². The van der Waals surface area contributed by atoms with Crippen molar-refractivity contribution in [3.8, 4) is 0 Å². The van der Waals surface area contributed by atoms with Gasteiger partial charge in [0.2, 0.25) is 5.91 Å². The van der Waals surface area contributed by atoms with Gasteiger partial charge >= 0.3 is 13.2 Å². The van der Waals surface area contributed by atoms with E-state index in [1.54, 1.807) is 11.8 Å². The minimum atomic E-state index is -0.601. The number of hydrogen-bond donors (Lipinski definition) is 0. The number of rotatable bonds is 2. The van der Waals surface area contributed by atoms with Crippen LogP contribution in [0.2, 0.25) is 0 Å². The highest BCUT2D eigenvalue weighted by atomic mass is 16.7. The molecule has 4 heterocycles. The molecule has 0 aromatic carbocycles. The molecule has 2 fully saturated rings. The van der Waals surface area contributed by atoms with E-state index >= 15 is 0 Å². The van der Waals surface area contributed by atoms with Crippen molar-refractivity contribution in [2.45, 2.75) is 104 Å². The summed E-state index contributed by atoms with van der Waals surface area (Å²) in [5.74, 6) is 0.117. The summed E-state index contributed by atoms with van der Waals surface area (Å²) in [6.07, 6.45) is 2.08. The summed E-state index contributed by atoms with van der Waals surface area (Å²) >= 11 is 0. The normalized spacial score (nSPS) is 22.6. The van der Waals surface area contributed by atoms with Crippen LogP contribution in [0.4, 0.5) is 4.79 Å². The van der Waals surface area contributed by atoms with Gasteiger partial charge in [-0.25, -0.2) is 4.79 Å². The molecule has 1 aromatic heterocycles. The third-order valence-electron chi connectivity index (χ3n) is 7.50. The second-order valence-electron chi connectivity index (χ2n) is 11.7. The molecule has 0 aliphatic carbocycles. The first-order chi connectivity index (χ1) is 15.7. The Bertz CT molecular complexity index is 943. The lowest BCUT2D eigenvalue weighted by molar-refractivity contribution is -0.130. The van der Waals surface area contributed by atoms with Crippen molar-refractivity contribution in [1.29, 1.82) is 0 Å². The molecule has 188 valence electrons. The van der Waals surface area contributed by atoms with E-state index in [4.69, 9.17) is 19.1 Å². The summed E-state index contributed by atoms with van der Waals surface area (Å²) in [6, 6.07) is 0.202. The quantitative estimate of drug-likeness (QED) is 0.613. The van der Waals surface area contributed by atoms with Crippen LogP contribution >= 0.6 is 0 Å². The summed E-state index contributed by atoms with van der Waals surface area (Å²) in [5.41, 5.74) is 1.34. The van der Waals surface area contributed by atoms with Crippen LogP contribution in [-0.2, 0) is 31.8 Å². The van der Waals surface area contributed by atoms with Crippen LogP contribution < -0.4 is 5.59 Å². The molecule has 1 aromatic rings. The first kappa shape index (κ1) is 25.0. The second kappa shape index (κ2) is 8.55. The van der Waals surface area contributed by atoms with Crippen molar-refractivity contribution in [2.75, 3.05) is 19.6 Å². The molecule has 9 nitrogen and oxygen atoms in total. The van der Waals surface area contributed by atoms with Gasteiger partial charge in [-0.2, -0.15) is 5.10 Å². The van der Waals surface area contributed by atoms with E-state index in [1.807, 2.05) is 53.4 Å². The molecule has 4 rings (SSSR count). The fourth-order valence-electron chi connectivity index (χ4n) is 4.83. The molecule has 10 heteroatoms. The molecule has 0 N–H and O–H groups in total. The van der Waals surface area contributed by atoms with E-state index in [0.29, 0.717) is 19.5 Å². The number of amides is 2. The molecule has 3 aliphatic heterocycles. The van der Waals surface area contributed by atoms with Crippen molar-refractivity contribution in [3.63, 3.8) is 0 Å². The number of ether oxygens (including phenoxy) is 1. The van der Waals surface area contributed by atoms with Gasteiger partial charge in [0.1, 0.15) is 5.60 Å². The van der Waals surface area contributed by atoms with Gasteiger partial charge in [0.25, 0.3) is 0 Å². The number of carbonyl (C=O) groups excluding carboxylic acids is 2. The maximum Gasteiger partial charge on any atom is 0.516 e. The van der Waals surface area contributed by atoms with E-state index < -0.39 is 23.9 Å². The second-order valence-corrected chi connectivity index (χ2v) is 11.7. The molecule has 3 aliphatic rings. The predicted octanol–water partition coefficient (Wildman–Crippen LogP) is 2.66. The van der Waals surface area contributed by atoms with Gasteiger partial charge in [0.15, 0.2) is 0 Å². The van der Waals surface area contributed by atoms with E-state index in [9.17, 15) is 9.59 Å². The molecular weight excluding hydrogens is 435 g/mol. The van der Waals surface area contributed by atoms with Gasteiger partial charge in [-0.15, -0.1) is 0 Å². The molecular formula is C24H39BN4O5. The summed E-state index contributed by atoms with van der Waals surface area (Å²) in [6.45, 7) is 17.8. The maximum absolute atomic E-state index is 12.8. The zero-order valence-corrected chi connectivity index (χ0v) is 21.9. The molecule has 0 atom stereocenters. The van der Waals surface area contributed by atoms with Gasteiger partial charge in [-0.1, -0.05) is 0 Å². The van der Waals surface area contributed by atoms with Crippen LogP contribution in [0.15, 0.2) is 0 Å². The smallest absolute Gasteiger partial charge is 0.444 e. The van der Waals surface area contributed by atoms with Gasteiger partial charge in [0, 0.05) is 44.2 Å². The number of piperidine rings is 1. The van der Waals surface area contributed by atoms with E-state index in [1.165, 1.54) is 0 Å². The van der Waals surface area contributed by atoms with Gasteiger partial charge < -0.3 is 23.8 Å². The summed E-state index contributed by atoms with van der Waals surface area (Å²) in [7, 11) is -0.601. The lowest BCUT2D eigenvalue weighted by Crippen LogP contribution is -2.44. The van der Waals surface area contributed by atoms with Gasteiger partial charge in [-0.3, -0.25) is 9.48 Å². The third-order valence-corrected chi connectivity index (χ3v) is 7.50. The fourth-order valence-corrected chi connectivity index (χ4v) is 4.83. The average molecular weight is 474 g/mol. The van der Waals surface area contributed by atoms with Crippen molar-refractivity contribution >= 4 is 24.7 Å². The highest BCUT2D eigenvalue weighted by Gasteiger charge is 2.54. The molecule has 0 spiro atoms. The Morgan fingerprint density at radius 1 is 1.03 bits per heavy atom. The van der Waals surface area contributed by atoms with Crippen LogP contribution in [0.25, 0.3) is 0 Å². The van der Waals surface area contributed by atoms with Crippen LogP contribution in [0.1, 0.15) is 85.5 Å². The van der Waals surface area contributed by atoms with Gasteiger partial charge in [0.05, 0.1) is 29.4 Å². The standard InChI is InChI=1S/C24H39BN4O5/c1-16(30)27-12-9-17(10-13-27)29-19-11-14-28(21(31)32-22(2,3)4)15-18(19)20(26-29)25-33-23(5,6)24(7,8)34-25/h17H,9-15H2,1-8H3. The van der Waals surface area contributed by atoms with Gasteiger partial charge in [-0.05, 0) is 61.3 Å². The molecule has 34 heavy (non-hydrogen) atoms. The summed E-state index contributed by atoms with van der Waals surface area (Å²) < 4.78 is 20.5. The molecule has 0 radical (unpaired) electrons. The Kier molecular flexibility index (Phi) is 6.30. The molecule has 0 saturated carbocycles. The number of likely N-dealkylation sites (tertiary alicyclic amines) is 1. The zero-order chi connectivity index (χ0) is 25.1. The zero-order valence-electron chi connectivity index (χ0n) is 21.9. The number of carbonyl (C=O) groups is 2. The monoisotopic (exact) mass is 474 g/mol. The van der Waals surface area contributed by atoms with Crippen LogP contribution in [0.3, 0.4) is 0 Å². The van der Waals surface area contributed by atoms with Crippen molar-refractivity contribution in [1.82, 2.24) is 19.6 Å². The SMILES string of the molecule is CC(=O)N1CCC(n2nc(B3OC(C)(C)C(C)(C)O3)c3c2CCN(C(=O)OC(C)(C)C)C3)CC1. The fraction of sp³-hybridized carbons (Fsp3) is 0.792. The molecule has 0 bridgehead atoms. The topological polar surface area (TPSA) is 86.1 Å². The summed E-state index contributed by atoms with van der Waals surface area (Å²) in [5, 5.41) is 5.05. The number of hydrogen-bond acceptors (Lipinski definition) is 6. The Balaban J connectivity index is 1.65. The van der Waals surface area contributed by atoms with Crippen molar-refractivity contribution in [3.05, 3.63) is 11.3 Å². The number of nitrogens with zero attached hydrogens (tertiary/aromatic N) is 4. The van der Waals surface area contributed by atoms with Crippen molar-refractivity contribution < 1.29 is 23.6 Å². The van der Waals surface area contributed by atoms with E-state index in [0.717, 1.165) is 42.8 Å². The lowest BCUT2D eigenvalue weighted by Gasteiger charge is -2.34. The van der Waals surface area contributed by atoms with Crippen LogP contribution in [0, 0.1) is 0 Å². The minimum absolute atomic E-state index is 0.117. The average Bonchev–Trinajstić information content (AvgIpc) is 3.20. The first-order valence-corrected chi connectivity index (χ1v) is 12.4. The molecule has 2 saturated heterocycles. The lowest BCUT2D eigenvalue weighted by atomic mass is 9.80. The summed E-state index contributed by atoms with van der Waals surface area (Å²) in [4.78, 5) is 28.3. The molecule has 0 unspecified atom stereocenters. The van der Waals surface area contributed by atoms with Crippen LogP contribution in [-0.4, -0.2) is 75.1 Å².